The molecule has 0 aliphatic heterocycles. The molecule has 0 amide bonds. The monoisotopic (exact) mass is 412 g/mol. The maximum Gasteiger partial charge on any atom is 0.309 e. The van der Waals surface area contributed by atoms with E-state index in [9.17, 15) is 4.79 Å². The standard InChI is InChI=1S/C28H44O2/c1-26(2)14-8-15-28(4)22-13-16-27(3)18-20(17-23(27)21(22)11-12-24(26)28)30-25(29)19-9-6-5-7-10-19/h19-20,22,24H,5-18H2,1-4H3/t20-,22-,24-,27+,28+/m0/s1. The van der Waals surface area contributed by atoms with Crippen molar-refractivity contribution in [1.82, 2.24) is 0 Å². The third-order valence-electron chi connectivity index (χ3n) is 10.6. The summed E-state index contributed by atoms with van der Waals surface area (Å²) in [5.74, 6) is 1.96. The van der Waals surface area contributed by atoms with Crippen LogP contribution in [-0.4, -0.2) is 12.1 Å². The second kappa shape index (κ2) is 7.38. The van der Waals surface area contributed by atoms with Crippen molar-refractivity contribution in [3.8, 4) is 0 Å². The van der Waals surface area contributed by atoms with E-state index < -0.39 is 0 Å². The maximum absolute atomic E-state index is 12.8. The van der Waals surface area contributed by atoms with Gasteiger partial charge in [0.25, 0.3) is 0 Å². The van der Waals surface area contributed by atoms with Gasteiger partial charge in [0, 0.05) is 6.42 Å². The third-order valence-corrected chi connectivity index (χ3v) is 10.6. The van der Waals surface area contributed by atoms with Crippen LogP contribution in [0.25, 0.3) is 0 Å². The molecule has 30 heavy (non-hydrogen) atoms. The molecule has 4 saturated carbocycles. The highest BCUT2D eigenvalue weighted by molar-refractivity contribution is 5.72. The van der Waals surface area contributed by atoms with Gasteiger partial charge in [-0.3, -0.25) is 4.79 Å². The molecule has 5 atom stereocenters. The van der Waals surface area contributed by atoms with E-state index >= 15 is 0 Å². The summed E-state index contributed by atoms with van der Waals surface area (Å²) in [6.07, 6.45) is 17.6. The predicted molar refractivity (Wildman–Crippen MR) is 122 cm³/mol. The molecule has 0 spiro atoms. The molecule has 2 heteroatoms. The molecule has 168 valence electrons. The molecule has 0 aromatic heterocycles. The van der Waals surface area contributed by atoms with E-state index in [2.05, 4.69) is 27.7 Å². The van der Waals surface area contributed by atoms with E-state index in [4.69, 9.17) is 4.74 Å². The summed E-state index contributed by atoms with van der Waals surface area (Å²) in [5, 5.41) is 0. The maximum atomic E-state index is 12.8. The molecule has 2 nitrogen and oxygen atoms in total. The van der Waals surface area contributed by atoms with Gasteiger partial charge in [-0.1, -0.05) is 64.5 Å². The van der Waals surface area contributed by atoms with Gasteiger partial charge in [-0.15, -0.1) is 0 Å². The van der Waals surface area contributed by atoms with Crippen molar-refractivity contribution in [2.75, 3.05) is 0 Å². The highest BCUT2D eigenvalue weighted by atomic mass is 16.5. The summed E-state index contributed by atoms with van der Waals surface area (Å²) in [6, 6.07) is 0. The Kier molecular flexibility index (Phi) is 5.18. The average molecular weight is 413 g/mol. The van der Waals surface area contributed by atoms with Crippen LogP contribution in [-0.2, 0) is 9.53 Å². The number of ether oxygens (including phenoxy) is 1. The SMILES string of the molecule is CC1(C)CCC[C@]2(C)[C@H]3CC[C@]4(C)C[C@@H](OC(=O)C5CCCCC5)CC4=C3CC[C@@H]12. The fourth-order valence-electron chi connectivity index (χ4n) is 9.13. The lowest BCUT2D eigenvalue weighted by molar-refractivity contribution is -0.155. The fourth-order valence-corrected chi connectivity index (χ4v) is 9.13. The van der Waals surface area contributed by atoms with Crippen molar-refractivity contribution in [1.29, 1.82) is 0 Å². The van der Waals surface area contributed by atoms with Crippen LogP contribution >= 0.6 is 0 Å². The van der Waals surface area contributed by atoms with Crippen molar-refractivity contribution >= 4 is 5.97 Å². The first-order valence-corrected chi connectivity index (χ1v) is 13.2. The van der Waals surface area contributed by atoms with Gasteiger partial charge in [0.2, 0.25) is 0 Å². The van der Waals surface area contributed by atoms with Gasteiger partial charge in [-0.25, -0.2) is 0 Å². The molecule has 5 aliphatic rings. The van der Waals surface area contributed by atoms with Crippen LogP contribution in [0.3, 0.4) is 0 Å². The quantitative estimate of drug-likeness (QED) is 0.344. The average Bonchev–Trinajstić information content (AvgIpc) is 3.04. The Balaban J connectivity index is 1.37. The molecule has 0 N–H and O–H groups in total. The topological polar surface area (TPSA) is 26.3 Å². The summed E-state index contributed by atoms with van der Waals surface area (Å²) in [7, 11) is 0. The smallest absolute Gasteiger partial charge is 0.309 e. The molecule has 0 saturated heterocycles. The second-order valence-electron chi connectivity index (χ2n) is 12.9. The number of rotatable bonds is 2. The number of fused-ring (bicyclic) bond motifs is 4. The zero-order valence-electron chi connectivity index (χ0n) is 20.0. The Morgan fingerprint density at radius 2 is 1.67 bits per heavy atom. The molecule has 0 aromatic rings. The summed E-state index contributed by atoms with van der Waals surface area (Å²) in [5.41, 5.74) is 4.81. The lowest BCUT2D eigenvalue weighted by Gasteiger charge is -2.60. The normalized spacial score (nSPS) is 43.5. The van der Waals surface area contributed by atoms with Crippen LogP contribution < -0.4 is 0 Å². The van der Waals surface area contributed by atoms with Crippen LogP contribution in [0.2, 0.25) is 0 Å². The van der Waals surface area contributed by atoms with Crippen molar-refractivity contribution in [2.45, 2.75) is 124 Å². The second-order valence-corrected chi connectivity index (χ2v) is 12.9. The molecule has 0 bridgehead atoms. The van der Waals surface area contributed by atoms with Crippen LogP contribution in [0.4, 0.5) is 0 Å². The van der Waals surface area contributed by atoms with Gasteiger partial charge in [0.15, 0.2) is 0 Å². The third kappa shape index (κ3) is 3.30. The largest absolute Gasteiger partial charge is 0.462 e. The Morgan fingerprint density at radius 3 is 2.43 bits per heavy atom. The van der Waals surface area contributed by atoms with Crippen molar-refractivity contribution in [2.24, 2.45) is 34.0 Å². The highest BCUT2D eigenvalue weighted by Crippen LogP contribution is 2.66. The number of carbonyl (C=O) groups is 1. The Labute approximate surface area is 184 Å². The molecule has 0 unspecified atom stereocenters. The van der Waals surface area contributed by atoms with Gasteiger partial charge in [-0.2, -0.15) is 0 Å². The lowest BCUT2D eigenvalue weighted by atomic mass is 9.45. The van der Waals surface area contributed by atoms with Gasteiger partial charge >= 0.3 is 5.97 Å². The van der Waals surface area contributed by atoms with E-state index in [0.29, 0.717) is 10.8 Å². The molecule has 5 aliphatic carbocycles. The molecular formula is C28H44O2. The molecule has 0 radical (unpaired) electrons. The minimum absolute atomic E-state index is 0.119. The zero-order chi connectivity index (χ0) is 21.1. The van der Waals surface area contributed by atoms with Crippen molar-refractivity contribution < 1.29 is 9.53 Å². The number of carbonyl (C=O) groups excluding carboxylic acids is 1. The summed E-state index contributed by atoms with van der Waals surface area (Å²) >= 11 is 0. The number of hydrogen-bond acceptors (Lipinski definition) is 2. The van der Waals surface area contributed by atoms with Crippen LogP contribution in [0.5, 0.6) is 0 Å². The van der Waals surface area contributed by atoms with Gasteiger partial charge in [0.1, 0.15) is 6.10 Å². The number of allylic oxidation sites excluding steroid dienone is 1. The number of hydrogen-bond donors (Lipinski definition) is 0. The molecule has 5 rings (SSSR count). The van der Waals surface area contributed by atoms with Gasteiger partial charge < -0.3 is 4.74 Å². The summed E-state index contributed by atoms with van der Waals surface area (Å²) in [6.45, 7) is 10.2. The lowest BCUT2D eigenvalue weighted by Crippen LogP contribution is -2.51. The van der Waals surface area contributed by atoms with E-state index in [1.165, 1.54) is 64.2 Å². The first-order valence-electron chi connectivity index (χ1n) is 13.2. The first kappa shape index (κ1) is 21.1. The predicted octanol–water partition coefficient (Wildman–Crippen LogP) is 7.61. The van der Waals surface area contributed by atoms with Crippen LogP contribution in [0, 0.1) is 34.0 Å². The Hall–Kier alpha value is -0.790. The Bertz CT molecular complexity index is 727. The molecular weight excluding hydrogens is 368 g/mol. The van der Waals surface area contributed by atoms with E-state index in [1.54, 1.807) is 5.57 Å². The minimum atomic E-state index is 0.119. The fraction of sp³-hybridized carbons (Fsp3) is 0.893. The van der Waals surface area contributed by atoms with Crippen LogP contribution in [0.15, 0.2) is 11.1 Å². The molecule has 0 aromatic carbocycles. The van der Waals surface area contributed by atoms with E-state index in [1.807, 2.05) is 5.57 Å². The summed E-state index contributed by atoms with van der Waals surface area (Å²) in [4.78, 5) is 12.8. The van der Waals surface area contributed by atoms with Crippen LogP contribution in [0.1, 0.15) is 118 Å². The number of esters is 1. The van der Waals surface area contributed by atoms with Crippen molar-refractivity contribution in [3.63, 3.8) is 0 Å². The van der Waals surface area contributed by atoms with Gasteiger partial charge in [0.05, 0.1) is 5.92 Å². The van der Waals surface area contributed by atoms with Gasteiger partial charge in [-0.05, 0) is 85.9 Å². The zero-order valence-corrected chi connectivity index (χ0v) is 20.0. The minimum Gasteiger partial charge on any atom is -0.462 e. The van der Waals surface area contributed by atoms with Crippen molar-refractivity contribution in [3.05, 3.63) is 11.1 Å². The Morgan fingerprint density at radius 1 is 0.900 bits per heavy atom. The molecule has 0 heterocycles. The highest BCUT2D eigenvalue weighted by Gasteiger charge is 2.57. The first-order chi connectivity index (χ1) is 14.2. The van der Waals surface area contributed by atoms with E-state index in [-0.39, 0.29) is 23.4 Å². The summed E-state index contributed by atoms with van der Waals surface area (Å²) < 4.78 is 6.18. The molecule has 4 fully saturated rings. The van der Waals surface area contributed by atoms with E-state index in [0.717, 1.165) is 37.5 Å².